The number of methoxy groups -OCH3 is 1. The topological polar surface area (TPSA) is 48.3 Å². The molecule has 2 aromatic rings. The van der Waals surface area contributed by atoms with Gasteiger partial charge in [0.1, 0.15) is 0 Å². The predicted octanol–water partition coefficient (Wildman–Crippen LogP) is 3.11. The van der Waals surface area contributed by atoms with E-state index >= 15 is 0 Å². The first-order valence-electron chi connectivity index (χ1n) is 8.19. The van der Waals surface area contributed by atoms with Crippen molar-refractivity contribution in [1.29, 1.82) is 0 Å². The molecule has 0 radical (unpaired) electrons. The summed E-state index contributed by atoms with van der Waals surface area (Å²) in [7, 11) is 1.67. The Hall–Kier alpha value is -2.01. The highest BCUT2D eigenvalue weighted by molar-refractivity contribution is 5.42. The molecule has 0 aliphatic rings. The summed E-state index contributed by atoms with van der Waals surface area (Å²) in [6.45, 7) is 7.78. The molecule has 2 rings (SSSR count). The quantitative estimate of drug-likeness (QED) is 0.731. The lowest BCUT2D eigenvalue weighted by molar-refractivity contribution is 0.294. The highest BCUT2D eigenvalue weighted by atomic mass is 16.5. The Labute approximate surface area is 138 Å². The van der Waals surface area contributed by atoms with E-state index in [1.165, 1.54) is 5.56 Å². The minimum absolute atomic E-state index is 0.540. The Balaban J connectivity index is 1.82. The summed E-state index contributed by atoms with van der Waals surface area (Å²) >= 11 is 0. The van der Waals surface area contributed by atoms with Gasteiger partial charge >= 0.3 is 0 Å². The fraction of sp³-hybridized carbons (Fsp3) is 0.500. The molecule has 1 heterocycles. The van der Waals surface area contributed by atoms with Crippen LogP contribution >= 0.6 is 0 Å². The van der Waals surface area contributed by atoms with Gasteiger partial charge in [-0.3, -0.25) is 0 Å². The van der Waals surface area contributed by atoms with E-state index in [4.69, 9.17) is 9.47 Å². The Kier molecular flexibility index (Phi) is 6.94. The van der Waals surface area contributed by atoms with Gasteiger partial charge in [-0.25, -0.2) is 4.98 Å². The second-order valence-corrected chi connectivity index (χ2v) is 5.83. The zero-order valence-electron chi connectivity index (χ0n) is 14.3. The van der Waals surface area contributed by atoms with Crippen molar-refractivity contribution < 1.29 is 9.47 Å². The van der Waals surface area contributed by atoms with Crippen molar-refractivity contribution in [1.82, 2.24) is 14.9 Å². The van der Waals surface area contributed by atoms with Crippen molar-refractivity contribution in [2.75, 3.05) is 20.3 Å². The van der Waals surface area contributed by atoms with Crippen LogP contribution < -0.4 is 14.8 Å². The van der Waals surface area contributed by atoms with E-state index in [1.54, 1.807) is 7.11 Å². The van der Waals surface area contributed by atoms with Gasteiger partial charge in [-0.2, -0.15) is 0 Å². The van der Waals surface area contributed by atoms with Crippen LogP contribution in [0.25, 0.3) is 0 Å². The fourth-order valence-electron chi connectivity index (χ4n) is 2.44. The van der Waals surface area contributed by atoms with Crippen LogP contribution in [-0.4, -0.2) is 29.8 Å². The van der Waals surface area contributed by atoms with Crippen molar-refractivity contribution in [3.63, 3.8) is 0 Å². The van der Waals surface area contributed by atoms with E-state index in [-0.39, 0.29) is 0 Å². The number of nitrogens with one attached hydrogen (secondary N) is 1. The molecule has 0 aliphatic heterocycles. The average molecular weight is 317 g/mol. The molecule has 0 saturated carbocycles. The molecule has 1 unspecified atom stereocenters. The van der Waals surface area contributed by atoms with Gasteiger partial charge in [-0.15, -0.1) is 0 Å². The number of imidazole rings is 1. The molecule has 1 aromatic heterocycles. The van der Waals surface area contributed by atoms with Crippen LogP contribution in [0.5, 0.6) is 11.5 Å². The minimum Gasteiger partial charge on any atom is -0.493 e. The monoisotopic (exact) mass is 317 g/mol. The molecule has 1 N–H and O–H groups in total. The maximum Gasteiger partial charge on any atom is 0.161 e. The van der Waals surface area contributed by atoms with Crippen molar-refractivity contribution in [3.05, 3.63) is 42.5 Å². The van der Waals surface area contributed by atoms with Crippen molar-refractivity contribution in [2.45, 2.75) is 33.4 Å². The molecule has 0 amide bonds. The standard InChI is InChI=1S/C18H27N3O2/c1-4-9-23-18-10-16(5-6-17(18)22-3)12-20-11-15(2)13-21-8-7-19-14-21/h5-8,10,14-15,20H,4,9,11-13H2,1-3H3. The van der Waals surface area contributed by atoms with E-state index in [9.17, 15) is 0 Å². The Bertz CT molecular complexity index is 570. The summed E-state index contributed by atoms with van der Waals surface area (Å²) in [4.78, 5) is 4.07. The molecule has 126 valence electrons. The van der Waals surface area contributed by atoms with Crippen LogP contribution in [0, 0.1) is 5.92 Å². The van der Waals surface area contributed by atoms with Gasteiger partial charge in [0, 0.05) is 25.5 Å². The number of ether oxygens (including phenoxy) is 2. The molecule has 0 spiro atoms. The summed E-state index contributed by atoms with van der Waals surface area (Å²) in [6.07, 6.45) is 6.65. The SMILES string of the molecule is CCCOc1cc(CNCC(C)Cn2ccnc2)ccc1OC. The lowest BCUT2D eigenvalue weighted by Gasteiger charge is -2.15. The highest BCUT2D eigenvalue weighted by Crippen LogP contribution is 2.28. The number of aromatic nitrogens is 2. The van der Waals surface area contributed by atoms with Gasteiger partial charge in [0.05, 0.1) is 20.0 Å². The van der Waals surface area contributed by atoms with Gasteiger partial charge in [0.15, 0.2) is 11.5 Å². The summed E-state index contributed by atoms with van der Waals surface area (Å²) < 4.78 is 13.2. The van der Waals surface area contributed by atoms with Gasteiger partial charge in [0.25, 0.3) is 0 Å². The molecule has 1 atom stereocenters. The number of hydrogen-bond acceptors (Lipinski definition) is 4. The van der Waals surface area contributed by atoms with Gasteiger partial charge in [-0.05, 0) is 36.6 Å². The lowest BCUT2D eigenvalue weighted by Crippen LogP contribution is -2.23. The largest absolute Gasteiger partial charge is 0.493 e. The third kappa shape index (κ3) is 5.60. The van der Waals surface area contributed by atoms with Gasteiger partial charge < -0.3 is 19.4 Å². The number of benzene rings is 1. The zero-order chi connectivity index (χ0) is 16.5. The molecule has 5 nitrogen and oxygen atoms in total. The van der Waals surface area contributed by atoms with E-state index in [0.717, 1.165) is 37.6 Å². The third-order valence-corrected chi connectivity index (χ3v) is 3.59. The van der Waals surface area contributed by atoms with Crippen LogP contribution in [0.1, 0.15) is 25.8 Å². The first-order chi connectivity index (χ1) is 11.2. The molecular weight excluding hydrogens is 290 g/mol. The van der Waals surface area contributed by atoms with Crippen molar-refractivity contribution in [3.8, 4) is 11.5 Å². The Morgan fingerprint density at radius 2 is 2.17 bits per heavy atom. The van der Waals surface area contributed by atoms with Crippen LogP contribution in [-0.2, 0) is 13.1 Å². The number of nitrogens with zero attached hydrogens (tertiary/aromatic N) is 2. The van der Waals surface area contributed by atoms with Crippen LogP contribution in [0.4, 0.5) is 0 Å². The summed E-state index contributed by atoms with van der Waals surface area (Å²) in [5.41, 5.74) is 1.20. The molecule has 5 heteroatoms. The van der Waals surface area contributed by atoms with Gasteiger partial charge in [0.2, 0.25) is 0 Å². The van der Waals surface area contributed by atoms with Gasteiger partial charge in [-0.1, -0.05) is 19.9 Å². The predicted molar refractivity (Wildman–Crippen MR) is 91.9 cm³/mol. The molecule has 0 bridgehead atoms. The average Bonchev–Trinajstić information content (AvgIpc) is 3.06. The lowest BCUT2D eigenvalue weighted by atomic mass is 10.1. The minimum atomic E-state index is 0.540. The maximum atomic E-state index is 5.75. The van der Waals surface area contributed by atoms with E-state index in [2.05, 4.69) is 40.8 Å². The van der Waals surface area contributed by atoms with Crippen molar-refractivity contribution >= 4 is 0 Å². The molecular formula is C18H27N3O2. The smallest absolute Gasteiger partial charge is 0.161 e. The van der Waals surface area contributed by atoms with Crippen LogP contribution in [0.2, 0.25) is 0 Å². The third-order valence-electron chi connectivity index (χ3n) is 3.59. The van der Waals surface area contributed by atoms with E-state index in [1.807, 2.05) is 24.8 Å². The highest BCUT2D eigenvalue weighted by Gasteiger charge is 2.07. The Morgan fingerprint density at radius 1 is 1.30 bits per heavy atom. The summed E-state index contributed by atoms with van der Waals surface area (Å²) in [5, 5.41) is 3.50. The van der Waals surface area contributed by atoms with E-state index < -0.39 is 0 Å². The van der Waals surface area contributed by atoms with Crippen LogP contribution in [0.3, 0.4) is 0 Å². The maximum absolute atomic E-state index is 5.75. The van der Waals surface area contributed by atoms with Crippen LogP contribution in [0.15, 0.2) is 36.9 Å². The molecule has 0 saturated heterocycles. The first-order valence-corrected chi connectivity index (χ1v) is 8.19. The zero-order valence-corrected chi connectivity index (χ0v) is 14.3. The first kappa shape index (κ1) is 17.3. The second-order valence-electron chi connectivity index (χ2n) is 5.83. The van der Waals surface area contributed by atoms with E-state index in [0.29, 0.717) is 12.5 Å². The van der Waals surface area contributed by atoms with Crippen molar-refractivity contribution in [2.24, 2.45) is 5.92 Å². The molecule has 0 aliphatic carbocycles. The normalized spacial score (nSPS) is 12.1. The molecule has 23 heavy (non-hydrogen) atoms. The number of hydrogen-bond donors (Lipinski definition) is 1. The number of rotatable bonds is 10. The molecule has 0 fully saturated rings. The fourth-order valence-corrected chi connectivity index (χ4v) is 2.44. The second kappa shape index (κ2) is 9.20. The molecule has 1 aromatic carbocycles. The summed E-state index contributed by atoms with van der Waals surface area (Å²) in [6, 6.07) is 6.10. The Morgan fingerprint density at radius 3 is 2.87 bits per heavy atom. The summed E-state index contributed by atoms with van der Waals surface area (Å²) in [5.74, 6) is 2.15.